The SMILES string of the molecule is Cc1cc(Br)ccc1NC(=O)COC(=O)CSc1ccccc1Cl. The molecule has 0 unspecified atom stereocenters. The zero-order valence-electron chi connectivity index (χ0n) is 12.8. The van der Waals surface area contributed by atoms with E-state index in [0.717, 1.165) is 14.9 Å². The Bertz CT molecular complexity index is 754. The van der Waals surface area contributed by atoms with Gasteiger partial charge in [0.1, 0.15) is 0 Å². The summed E-state index contributed by atoms with van der Waals surface area (Å²) in [7, 11) is 0. The van der Waals surface area contributed by atoms with Crippen molar-refractivity contribution in [1.82, 2.24) is 0 Å². The monoisotopic (exact) mass is 427 g/mol. The summed E-state index contributed by atoms with van der Waals surface area (Å²) in [5.74, 6) is -0.756. The number of carbonyl (C=O) groups is 2. The minimum atomic E-state index is -0.470. The molecule has 4 nitrogen and oxygen atoms in total. The average Bonchev–Trinajstić information content (AvgIpc) is 2.55. The second kappa shape index (κ2) is 9.11. The molecule has 2 rings (SSSR count). The van der Waals surface area contributed by atoms with Gasteiger partial charge in [0.05, 0.1) is 10.8 Å². The molecular weight excluding hydrogens is 414 g/mol. The van der Waals surface area contributed by atoms with Gasteiger partial charge in [-0.15, -0.1) is 11.8 Å². The molecule has 0 aromatic heterocycles. The van der Waals surface area contributed by atoms with Crippen molar-refractivity contribution in [2.24, 2.45) is 0 Å². The van der Waals surface area contributed by atoms with Gasteiger partial charge < -0.3 is 10.1 Å². The average molecular weight is 429 g/mol. The van der Waals surface area contributed by atoms with Crippen LogP contribution in [0.25, 0.3) is 0 Å². The van der Waals surface area contributed by atoms with E-state index < -0.39 is 5.97 Å². The summed E-state index contributed by atoms with van der Waals surface area (Å²) in [6, 6.07) is 12.7. The van der Waals surface area contributed by atoms with E-state index in [-0.39, 0.29) is 18.3 Å². The molecule has 0 spiro atoms. The zero-order valence-corrected chi connectivity index (χ0v) is 16.0. The number of hydrogen-bond donors (Lipinski definition) is 1. The number of halogens is 2. The Labute approximate surface area is 158 Å². The first-order valence-electron chi connectivity index (χ1n) is 7.04. The molecule has 0 aliphatic rings. The number of esters is 1. The van der Waals surface area contributed by atoms with Gasteiger partial charge in [0.2, 0.25) is 0 Å². The summed E-state index contributed by atoms with van der Waals surface area (Å²) >= 11 is 10.6. The van der Waals surface area contributed by atoms with E-state index in [1.54, 1.807) is 12.1 Å². The molecule has 0 aliphatic heterocycles. The van der Waals surface area contributed by atoms with Crippen molar-refractivity contribution in [1.29, 1.82) is 0 Å². The topological polar surface area (TPSA) is 55.4 Å². The maximum absolute atomic E-state index is 11.9. The van der Waals surface area contributed by atoms with Gasteiger partial charge in [-0.3, -0.25) is 9.59 Å². The fraction of sp³-hybridized carbons (Fsp3) is 0.176. The Hall–Kier alpha value is -1.50. The van der Waals surface area contributed by atoms with Crippen molar-refractivity contribution in [3.8, 4) is 0 Å². The molecule has 0 atom stereocenters. The highest BCUT2D eigenvalue weighted by atomic mass is 79.9. The van der Waals surface area contributed by atoms with E-state index >= 15 is 0 Å². The van der Waals surface area contributed by atoms with Crippen molar-refractivity contribution >= 4 is 56.9 Å². The maximum Gasteiger partial charge on any atom is 0.316 e. The number of thioether (sulfide) groups is 1. The van der Waals surface area contributed by atoms with Gasteiger partial charge >= 0.3 is 5.97 Å². The zero-order chi connectivity index (χ0) is 17.5. The maximum atomic E-state index is 11.9. The number of rotatable bonds is 6. The number of amides is 1. The van der Waals surface area contributed by atoms with Crippen LogP contribution in [0.3, 0.4) is 0 Å². The Balaban J connectivity index is 1.77. The van der Waals surface area contributed by atoms with Crippen LogP contribution in [0.4, 0.5) is 5.69 Å². The molecule has 0 heterocycles. The number of hydrogen-bond acceptors (Lipinski definition) is 4. The first kappa shape index (κ1) is 18.8. The number of aryl methyl sites for hydroxylation is 1. The second-order valence-electron chi connectivity index (χ2n) is 4.89. The van der Waals surface area contributed by atoms with Crippen LogP contribution in [-0.4, -0.2) is 24.2 Å². The lowest BCUT2D eigenvalue weighted by atomic mass is 10.2. The molecule has 0 saturated heterocycles. The summed E-state index contributed by atoms with van der Waals surface area (Å²) in [5.41, 5.74) is 1.60. The summed E-state index contributed by atoms with van der Waals surface area (Å²) in [5, 5.41) is 3.29. The fourth-order valence-corrected chi connectivity index (χ4v) is 3.35. The van der Waals surface area contributed by atoms with Crippen LogP contribution in [0, 0.1) is 6.92 Å². The number of benzene rings is 2. The molecule has 24 heavy (non-hydrogen) atoms. The van der Waals surface area contributed by atoms with E-state index in [9.17, 15) is 9.59 Å². The van der Waals surface area contributed by atoms with Gasteiger partial charge in [0.25, 0.3) is 5.91 Å². The van der Waals surface area contributed by atoms with Gasteiger partial charge in [0.15, 0.2) is 6.61 Å². The fourth-order valence-electron chi connectivity index (χ4n) is 1.84. The minimum absolute atomic E-state index is 0.0916. The van der Waals surface area contributed by atoms with Gasteiger partial charge in [-0.05, 0) is 42.8 Å². The smallest absolute Gasteiger partial charge is 0.316 e. The normalized spacial score (nSPS) is 10.3. The van der Waals surface area contributed by atoms with Crippen molar-refractivity contribution in [3.05, 3.63) is 57.5 Å². The summed E-state index contributed by atoms with van der Waals surface area (Å²) in [6.45, 7) is 1.56. The van der Waals surface area contributed by atoms with Crippen LogP contribution in [0.2, 0.25) is 5.02 Å². The lowest BCUT2D eigenvalue weighted by Crippen LogP contribution is -2.22. The van der Waals surface area contributed by atoms with Gasteiger partial charge in [-0.25, -0.2) is 0 Å². The first-order chi connectivity index (χ1) is 11.5. The minimum Gasteiger partial charge on any atom is -0.455 e. The third kappa shape index (κ3) is 5.85. The molecule has 126 valence electrons. The Morgan fingerprint density at radius 3 is 2.71 bits per heavy atom. The van der Waals surface area contributed by atoms with Crippen molar-refractivity contribution in [3.63, 3.8) is 0 Å². The molecule has 1 amide bonds. The van der Waals surface area contributed by atoms with Crippen molar-refractivity contribution in [2.45, 2.75) is 11.8 Å². The van der Waals surface area contributed by atoms with Gasteiger partial charge in [-0.1, -0.05) is 39.7 Å². The quantitative estimate of drug-likeness (QED) is 0.536. The lowest BCUT2D eigenvalue weighted by Gasteiger charge is -2.09. The standard InChI is InChI=1S/C17H15BrClNO3S/c1-11-8-12(18)6-7-14(11)20-16(21)9-23-17(22)10-24-15-5-3-2-4-13(15)19/h2-8H,9-10H2,1H3,(H,20,21). The first-order valence-corrected chi connectivity index (χ1v) is 9.20. The third-order valence-electron chi connectivity index (χ3n) is 3.01. The summed E-state index contributed by atoms with van der Waals surface area (Å²) in [6.07, 6.45) is 0. The third-order valence-corrected chi connectivity index (χ3v) is 4.99. The molecule has 0 radical (unpaired) electrons. The van der Waals surface area contributed by atoms with Crippen LogP contribution in [-0.2, 0) is 14.3 Å². The van der Waals surface area contributed by atoms with E-state index in [1.807, 2.05) is 37.3 Å². The van der Waals surface area contributed by atoms with E-state index in [4.69, 9.17) is 16.3 Å². The van der Waals surface area contributed by atoms with Crippen molar-refractivity contribution in [2.75, 3.05) is 17.7 Å². The molecule has 0 bridgehead atoms. The second-order valence-corrected chi connectivity index (χ2v) is 7.23. The summed E-state index contributed by atoms with van der Waals surface area (Å²) < 4.78 is 5.91. The summed E-state index contributed by atoms with van der Waals surface area (Å²) in [4.78, 5) is 24.4. The number of nitrogens with one attached hydrogen (secondary N) is 1. The molecule has 0 saturated carbocycles. The molecule has 2 aromatic rings. The van der Waals surface area contributed by atoms with Gasteiger partial charge in [-0.2, -0.15) is 0 Å². The molecule has 2 aromatic carbocycles. The molecular formula is C17H15BrClNO3S. The van der Waals surface area contributed by atoms with Crippen molar-refractivity contribution < 1.29 is 14.3 Å². The van der Waals surface area contributed by atoms with E-state index in [1.165, 1.54) is 11.8 Å². The molecule has 1 N–H and O–H groups in total. The molecule has 0 fully saturated rings. The van der Waals surface area contributed by atoms with E-state index in [0.29, 0.717) is 10.7 Å². The lowest BCUT2D eigenvalue weighted by molar-refractivity contribution is -0.144. The number of ether oxygens (including phenoxy) is 1. The molecule has 0 aliphatic carbocycles. The number of anilines is 1. The van der Waals surface area contributed by atoms with Crippen LogP contribution < -0.4 is 5.32 Å². The largest absolute Gasteiger partial charge is 0.455 e. The highest BCUT2D eigenvalue weighted by Crippen LogP contribution is 2.26. The van der Waals surface area contributed by atoms with Crippen LogP contribution in [0.15, 0.2) is 51.8 Å². The van der Waals surface area contributed by atoms with E-state index in [2.05, 4.69) is 21.2 Å². The Kier molecular flexibility index (Phi) is 7.15. The predicted octanol–water partition coefficient (Wildman–Crippen LogP) is 4.68. The Morgan fingerprint density at radius 2 is 2.00 bits per heavy atom. The van der Waals surface area contributed by atoms with Gasteiger partial charge in [0, 0.05) is 15.1 Å². The highest BCUT2D eigenvalue weighted by Gasteiger charge is 2.10. The number of carbonyl (C=O) groups excluding carboxylic acids is 2. The van der Waals surface area contributed by atoms with Crippen LogP contribution >= 0.6 is 39.3 Å². The Morgan fingerprint density at radius 1 is 1.25 bits per heavy atom. The van der Waals surface area contributed by atoms with Crippen LogP contribution in [0.5, 0.6) is 0 Å². The van der Waals surface area contributed by atoms with Crippen LogP contribution in [0.1, 0.15) is 5.56 Å². The highest BCUT2D eigenvalue weighted by molar-refractivity contribution is 9.10. The molecule has 7 heteroatoms. The predicted molar refractivity (Wildman–Crippen MR) is 101 cm³/mol.